The van der Waals surface area contributed by atoms with E-state index in [4.69, 9.17) is 24.4 Å². The molecule has 1 aliphatic carbocycles. The Balaban J connectivity index is 1.28. The van der Waals surface area contributed by atoms with E-state index in [9.17, 15) is 4.39 Å². The third-order valence-corrected chi connectivity index (χ3v) is 8.74. The molecule has 0 N–H and O–H groups in total. The number of hydrogen-bond donors (Lipinski definition) is 0. The summed E-state index contributed by atoms with van der Waals surface area (Å²) >= 11 is 1.43. The molecule has 0 amide bonds. The van der Waals surface area contributed by atoms with Gasteiger partial charge in [-0.15, -0.1) is 0 Å². The van der Waals surface area contributed by atoms with Crippen molar-refractivity contribution in [3.05, 3.63) is 47.8 Å². The largest absolute Gasteiger partial charge is 0.380 e. The molecule has 39 heavy (non-hydrogen) atoms. The van der Waals surface area contributed by atoms with Crippen molar-refractivity contribution in [3.63, 3.8) is 0 Å². The highest BCUT2D eigenvalue weighted by atomic mass is 32.1. The van der Waals surface area contributed by atoms with Crippen LogP contribution in [0.5, 0.6) is 0 Å². The van der Waals surface area contributed by atoms with Crippen LogP contribution in [0.15, 0.2) is 30.6 Å². The molecule has 7 rings (SSSR count). The summed E-state index contributed by atoms with van der Waals surface area (Å²) in [4.78, 5) is 18.8. The van der Waals surface area contributed by atoms with Gasteiger partial charge in [-0.2, -0.15) is 15.1 Å². The van der Waals surface area contributed by atoms with E-state index < -0.39 is 11.6 Å². The molecule has 12 heteroatoms. The lowest BCUT2D eigenvalue weighted by atomic mass is 10.1. The molecule has 3 aromatic heterocycles. The van der Waals surface area contributed by atoms with Gasteiger partial charge < -0.3 is 19.3 Å². The van der Waals surface area contributed by atoms with Crippen molar-refractivity contribution < 1.29 is 18.3 Å². The van der Waals surface area contributed by atoms with Crippen molar-refractivity contribution in [2.45, 2.75) is 50.5 Å². The molecule has 1 aromatic carbocycles. The fourth-order valence-electron chi connectivity index (χ4n) is 5.39. The second kappa shape index (κ2) is 9.76. The summed E-state index contributed by atoms with van der Waals surface area (Å²) in [5, 5.41) is 5.32. The molecule has 3 atom stereocenters. The van der Waals surface area contributed by atoms with Crippen molar-refractivity contribution in [2.75, 3.05) is 43.1 Å². The number of rotatable bonds is 6. The van der Waals surface area contributed by atoms with Crippen LogP contribution in [-0.4, -0.2) is 70.2 Å². The van der Waals surface area contributed by atoms with Gasteiger partial charge in [0.15, 0.2) is 10.8 Å². The summed E-state index contributed by atoms with van der Waals surface area (Å²) < 4.78 is 43.4. The van der Waals surface area contributed by atoms with Crippen LogP contribution in [0.1, 0.15) is 43.9 Å². The molecule has 2 saturated heterocycles. The minimum Gasteiger partial charge on any atom is -0.380 e. The van der Waals surface area contributed by atoms with Crippen LogP contribution in [0.25, 0.3) is 21.6 Å². The minimum atomic E-state index is -0.669. The quantitative estimate of drug-likeness (QED) is 0.338. The molecule has 3 fully saturated rings. The van der Waals surface area contributed by atoms with E-state index in [1.165, 1.54) is 23.5 Å². The van der Waals surface area contributed by atoms with Crippen LogP contribution >= 0.6 is 11.3 Å². The smallest absolute Gasteiger partial charge is 0.228 e. The summed E-state index contributed by atoms with van der Waals surface area (Å²) in [6, 6.07) is 4.06. The Morgan fingerprint density at radius 3 is 2.69 bits per heavy atom. The fraction of sp³-hybridized carbons (Fsp3) is 0.481. The highest BCUT2D eigenvalue weighted by molar-refractivity contribution is 7.22. The predicted molar refractivity (Wildman–Crippen MR) is 144 cm³/mol. The highest BCUT2D eigenvalue weighted by Crippen LogP contribution is 2.39. The number of aromatic nitrogens is 5. The number of anilines is 2. The van der Waals surface area contributed by atoms with Gasteiger partial charge in [-0.05, 0) is 38.3 Å². The number of nitrogens with zero attached hydrogens (tertiary/aromatic N) is 7. The molecule has 0 unspecified atom stereocenters. The summed E-state index contributed by atoms with van der Waals surface area (Å²) in [6.45, 7) is 4.66. The first-order chi connectivity index (χ1) is 18.9. The van der Waals surface area contributed by atoms with Crippen molar-refractivity contribution in [3.8, 4) is 11.3 Å². The lowest BCUT2D eigenvalue weighted by Gasteiger charge is -2.36. The Morgan fingerprint density at radius 2 is 1.92 bits per heavy atom. The average molecular weight is 554 g/mol. The van der Waals surface area contributed by atoms with Crippen molar-refractivity contribution >= 4 is 32.8 Å². The molecule has 5 heterocycles. The second-order valence-corrected chi connectivity index (χ2v) is 11.5. The van der Waals surface area contributed by atoms with Crippen molar-refractivity contribution in [1.82, 2.24) is 24.7 Å². The van der Waals surface area contributed by atoms with Gasteiger partial charge in [0, 0.05) is 50.1 Å². The van der Waals surface area contributed by atoms with E-state index in [1.807, 2.05) is 17.8 Å². The molecule has 0 bridgehead atoms. The number of ether oxygens (including phenoxy) is 2. The maximum atomic E-state index is 15.1. The molecule has 3 aliphatic rings. The SMILES string of the molecule is CO[C@H]1CCN(c2nc3nc(N4C[C@@H](C)O[C@@H](c5cnn(C6CC6)c5)C4)nc(-c4ccc(F)cc4F)c3s2)C1. The Morgan fingerprint density at radius 1 is 1.05 bits per heavy atom. The van der Waals surface area contributed by atoms with E-state index in [-0.39, 0.29) is 23.9 Å². The maximum absolute atomic E-state index is 15.1. The number of morpholine rings is 1. The normalized spacial score (nSPS) is 23.7. The predicted octanol–water partition coefficient (Wildman–Crippen LogP) is 4.75. The summed E-state index contributed by atoms with van der Waals surface area (Å²) in [5.74, 6) is -0.854. The number of benzene rings is 1. The van der Waals surface area contributed by atoms with Gasteiger partial charge in [-0.3, -0.25) is 4.68 Å². The Kier molecular flexibility index (Phi) is 6.20. The van der Waals surface area contributed by atoms with Gasteiger partial charge in [0.05, 0.1) is 36.7 Å². The van der Waals surface area contributed by atoms with Crippen LogP contribution in [0, 0.1) is 11.6 Å². The zero-order valence-electron chi connectivity index (χ0n) is 21.8. The molecule has 204 valence electrons. The van der Waals surface area contributed by atoms with Gasteiger partial charge in [-0.25, -0.2) is 13.8 Å². The first-order valence-electron chi connectivity index (χ1n) is 13.3. The third kappa shape index (κ3) is 4.74. The van der Waals surface area contributed by atoms with E-state index in [2.05, 4.69) is 21.1 Å². The third-order valence-electron chi connectivity index (χ3n) is 7.62. The monoisotopic (exact) mass is 553 g/mol. The summed E-state index contributed by atoms with van der Waals surface area (Å²) in [6.07, 6.45) is 7.02. The van der Waals surface area contributed by atoms with Gasteiger partial charge in [0.25, 0.3) is 0 Å². The van der Waals surface area contributed by atoms with Crippen LogP contribution in [0.2, 0.25) is 0 Å². The molecular weight excluding hydrogens is 524 g/mol. The van der Waals surface area contributed by atoms with Gasteiger partial charge in [-0.1, -0.05) is 11.3 Å². The molecule has 9 nitrogen and oxygen atoms in total. The van der Waals surface area contributed by atoms with Crippen LogP contribution in [0.3, 0.4) is 0 Å². The van der Waals surface area contributed by atoms with E-state index in [1.54, 1.807) is 7.11 Å². The van der Waals surface area contributed by atoms with Gasteiger partial charge in [0.2, 0.25) is 5.95 Å². The summed E-state index contributed by atoms with van der Waals surface area (Å²) in [7, 11) is 1.72. The molecule has 0 radical (unpaired) electrons. The van der Waals surface area contributed by atoms with Crippen molar-refractivity contribution in [1.29, 1.82) is 0 Å². The molecule has 1 saturated carbocycles. The number of fused-ring (bicyclic) bond motifs is 1. The van der Waals surface area contributed by atoms with Crippen LogP contribution in [-0.2, 0) is 9.47 Å². The first kappa shape index (κ1) is 24.8. The van der Waals surface area contributed by atoms with Gasteiger partial charge in [0.1, 0.15) is 22.4 Å². The standard InChI is InChI=1S/C27H29F2N7O2S/c1-15-11-35(14-22(38-15)16-10-30-36(12-16)18-4-5-18)26-31-23(20-6-3-17(28)9-21(20)29)24-25(32-26)33-27(39-24)34-8-7-19(13-34)37-2/h3,6,9-10,12,15,18-19,22H,4-5,7-8,11,13-14H2,1-2H3/t15-,19+,22-/m1/s1. The number of methoxy groups -OCH3 is 1. The van der Waals surface area contributed by atoms with Gasteiger partial charge >= 0.3 is 0 Å². The minimum absolute atomic E-state index is 0.0834. The van der Waals surface area contributed by atoms with E-state index in [0.717, 1.165) is 49.1 Å². The zero-order chi connectivity index (χ0) is 26.7. The first-order valence-corrected chi connectivity index (χ1v) is 14.1. The van der Waals surface area contributed by atoms with E-state index in [0.29, 0.717) is 41.1 Å². The topological polar surface area (TPSA) is 81.4 Å². The lowest BCUT2D eigenvalue weighted by molar-refractivity contribution is -0.0178. The number of thiazole rings is 1. The lowest BCUT2D eigenvalue weighted by Crippen LogP contribution is -2.43. The molecular formula is C27H29F2N7O2S. The highest BCUT2D eigenvalue weighted by Gasteiger charge is 2.32. The van der Waals surface area contributed by atoms with Crippen LogP contribution in [0.4, 0.5) is 19.9 Å². The Hall–Kier alpha value is -3.22. The molecule has 4 aromatic rings. The number of hydrogen-bond acceptors (Lipinski definition) is 9. The summed E-state index contributed by atoms with van der Waals surface area (Å²) in [5.41, 5.74) is 2.15. The molecule has 2 aliphatic heterocycles. The fourth-order valence-corrected chi connectivity index (χ4v) is 6.44. The van der Waals surface area contributed by atoms with E-state index >= 15 is 4.39 Å². The Labute approximate surface area is 228 Å². The van der Waals surface area contributed by atoms with Crippen LogP contribution < -0.4 is 9.80 Å². The molecule has 0 spiro atoms. The van der Waals surface area contributed by atoms with Crippen molar-refractivity contribution in [2.24, 2.45) is 0 Å². The average Bonchev–Trinajstić information content (AvgIpc) is 3.31. The number of halogens is 2. The Bertz CT molecular complexity index is 1520. The maximum Gasteiger partial charge on any atom is 0.228 e. The second-order valence-electron chi connectivity index (χ2n) is 10.6. The zero-order valence-corrected chi connectivity index (χ0v) is 22.6.